The second-order valence-corrected chi connectivity index (χ2v) is 6.42. The van der Waals surface area contributed by atoms with Gasteiger partial charge in [0.05, 0.1) is 13.1 Å². The first-order chi connectivity index (χ1) is 13.3. The molecule has 2 heterocycles. The zero-order chi connectivity index (χ0) is 20.3. The summed E-state index contributed by atoms with van der Waals surface area (Å²) in [6.45, 7) is 1.70. The van der Waals surface area contributed by atoms with Crippen LogP contribution in [0.1, 0.15) is 5.56 Å². The van der Waals surface area contributed by atoms with Crippen LogP contribution in [0.25, 0.3) is 22.2 Å². The van der Waals surface area contributed by atoms with Crippen LogP contribution in [0.5, 0.6) is 0 Å². The summed E-state index contributed by atoms with van der Waals surface area (Å²) in [6.07, 6.45) is 0. The van der Waals surface area contributed by atoms with Gasteiger partial charge in [-0.05, 0) is 30.2 Å². The number of hydrogen-bond acceptors (Lipinski definition) is 6. The molecular weight excluding hydrogens is 360 g/mol. The van der Waals surface area contributed by atoms with E-state index >= 15 is 0 Å². The quantitative estimate of drug-likeness (QED) is 0.663. The summed E-state index contributed by atoms with van der Waals surface area (Å²) in [5.41, 5.74) is 7.39. The number of primary amides is 1. The van der Waals surface area contributed by atoms with Crippen LogP contribution in [0.4, 0.5) is 5.82 Å². The van der Waals surface area contributed by atoms with Crippen LogP contribution in [-0.4, -0.2) is 36.9 Å². The van der Waals surface area contributed by atoms with E-state index in [1.807, 2.05) is 31.2 Å². The Balaban J connectivity index is 1.94. The molecule has 0 aliphatic carbocycles. The molecule has 0 aliphatic rings. The molecule has 0 saturated heterocycles. The highest BCUT2D eigenvalue weighted by Gasteiger charge is 2.14. The van der Waals surface area contributed by atoms with Gasteiger partial charge < -0.3 is 20.4 Å². The highest BCUT2D eigenvalue weighted by Crippen LogP contribution is 2.29. The molecular formula is C20H20N4O4. The maximum atomic E-state index is 12.1. The molecule has 0 unspecified atom stereocenters. The Morgan fingerprint density at radius 2 is 1.93 bits per heavy atom. The van der Waals surface area contributed by atoms with Crippen molar-refractivity contribution >= 4 is 28.7 Å². The largest absolute Gasteiger partial charge is 0.404 e. The molecule has 0 spiro atoms. The van der Waals surface area contributed by atoms with E-state index in [0.717, 1.165) is 16.7 Å². The van der Waals surface area contributed by atoms with Crippen LogP contribution >= 0.6 is 0 Å². The van der Waals surface area contributed by atoms with E-state index < -0.39 is 11.5 Å². The molecule has 3 N–H and O–H groups in total. The van der Waals surface area contributed by atoms with Gasteiger partial charge in [-0.3, -0.25) is 9.59 Å². The topological polar surface area (TPSA) is 119 Å². The third-order valence-corrected chi connectivity index (χ3v) is 4.26. The number of nitrogens with two attached hydrogens (primary N) is 1. The number of rotatable bonds is 6. The number of carbonyl (C=O) groups is 2. The molecule has 28 heavy (non-hydrogen) atoms. The number of nitrogens with one attached hydrogen (secondary N) is 1. The number of nitrogens with zero attached hydrogens (tertiary/aromatic N) is 2. The SMILES string of the molecule is Cc1ccccc1-c1cc(=O)oc2nc(N(C)CC(=O)NCC(N)=O)ccc12. The molecule has 3 aromatic rings. The number of likely N-dealkylation sites (N-methyl/N-ethyl adjacent to an activating group) is 1. The average molecular weight is 380 g/mol. The van der Waals surface area contributed by atoms with Crippen LogP contribution in [-0.2, 0) is 9.59 Å². The lowest BCUT2D eigenvalue weighted by molar-refractivity contribution is -0.123. The maximum Gasteiger partial charge on any atom is 0.338 e. The summed E-state index contributed by atoms with van der Waals surface area (Å²) in [5.74, 6) is -0.546. The number of carbonyl (C=O) groups excluding carboxylic acids is 2. The molecule has 144 valence electrons. The van der Waals surface area contributed by atoms with Crippen molar-refractivity contribution < 1.29 is 14.0 Å². The van der Waals surface area contributed by atoms with Crippen molar-refractivity contribution in [2.45, 2.75) is 6.92 Å². The number of anilines is 1. The molecule has 0 fully saturated rings. The van der Waals surface area contributed by atoms with Crippen molar-refractivity contribution in [3.8, 4) is 11.1 Å². The monoisotopic (exact) mass is 380 g/mol. The molecule has 8 nitrogen and oxygen atoms in total. The van der Waals surface area contributed by atoms with Crippen molar-refractivity contribution in [2.24, 2.45) is 5.73 Å². The first kappa shape index (κ1) is 19.1. The number of aryl methyl sites for hydroxylation is 1. The van der Waals surface area contributed by atoms with Crippen molar-refractivity contribution in [3.63, 3.8) is 0 Å². The number of benzene rings is 1. The first-order valence-corrected chi connectivity index (χ1v) is 8.62. The fourth-order valence-electron chi connectivity index (χ4n) is 2.88. The summed E-state index contributed by atoms with van der Waals surface area (Å²) >= 11 is 0. The number of hydrogen-bond donors (Lipinski definition) is 2. The second kappa shape index (κ2) is 7.91. The van der Waals surface area contributed by atoms with Crippen LogP contribution < -0.4 is 21.6 Å². The van der Waals surface area contributed by atoms with Gasteiger partial charge in [-0.15, -0.1) is 0 Å². The third kappa shape index (κ3) is 4.17. The summed E-state index contributed by atoms with van der Waals surface area (Å²) in [6, 6.07) is 12.7. The van der Waals surface area contributed by atoms with Crippen LogP contribution in [0, 0.1) is 6.92 Å². The minimum absolute atomic E-state index is 0.0342. The molecule has 0 bridgehead atoms. The lowest BCUT2D eigenvalue weighted by Gasteiger charge is -2.18. The lowest BCUT2D eigenvalue weighted by atomic mass is 9.99. The molecule has 8 heteroatoms. The Kier molecular flexibility index (Phi) is 5.39. The Morgan fingerprint density at radius 3 is 2.64 bits per heavy atom. The summed E-state index contributed by atoms with van der Waals surface area (Å²) in [7, 11) is 1.67. The Morgan fingerprint density at radius 1 is 1.18 bits per heavy atom. The fraction of sp³-hybridized carbons (Fsp3) is 0.200. The summed E-state index contributed by atoms with van der Waals surface area (Å²) < 4.78 is 5.28. The van der Waals surface area contributed by atoms with Gasteiger partial charge in [-0.25, -0.2) is 4.79 Å². The first-order valence-electron chi connectivity index (χ1n) is 8.62. The van der Waals surface area contributed by atoms with E-state index in [1.54, 1.807) is 24.1 Å². The number of amides is 2. The Labute approximate surface area is 161 Å². The van der Waals surface area contributed by atoms with Gasteiger partial charge in [0, 0.05) is 24.1 Å². The molecule has 0 radical (unpaired) electrons. The molecule has 1 aromatic carbocycles. The summed E-state index contributed by atoms with van der Waals surface area (Å²) in [4.78, 5) is 40.6. The van der Waals surface area contributed by atoms with Gasteiger partial charge in [-0.1, -0.05) is 24.3 Å². The zero-order valence-corrected chi connectivity index (χ0v) is 15.6. The van der Waals surface area contributed by atoms with Crippen LogP contribution in [0.3, 0.4) is 0 Å². The molecule has 2 aromatic heterocycles. The Bertz CT molecular complexity index is 1110. The Hall–Kier alpha value is -3.68. The minimum atomic E-state index is -0.620. The second-order valence-electron chi connectivity index (χ2n) is 6.42. The normalized spacial score (nSPS) is 10.6. The smallest absolute Gasteiger partial charge is 0.338 e. The summed E-state index contributed by atoms with van der Waals surface area (Å²) in [5, 5.41) is 3.11. The minimum Gasteiger partial charge on any atom is -0.404 e. The standard InChI is InChI=1S/C20H20N4O4/c1-12-5-3-4-6-13(12)15-9-19(27)28-20-14(15)7-8-17(23-20)24(2)11-18(26)22-10-16(21)25/h3-9H,10-11H2,1-2H3,(H2,21,25)(H,22,26). The van der Waals surface area contributed by atoms with Crippen molar-refractivity contribution in [1.82, 2.24) is 10.3 Å². The van der Waals surface area contributed by atoms with Gasteiger partial charge in [0.2, 0.25) is 17.5 Å². The number of pyridine rings is 1. The third-order valence-electron chi connectivity index (χ3n) is 4.26. The predicted molar refractivity (Wildman–Crippen MR) is 106 cm³/mol. The maximum absolute atomic E-state index is 12.1. The molecule has 0 atom stereocenters. The van der Waals surface area contributed by atoms with E-state index in [2.05, 4.69) is 10.3 Å². The highest BCUT2D eigenvalue weighted by molar-refractivity contribution is 5.93. The van der Waals surface area contributed by atoms with Gasteiger partial charge >= 0.3 is 5.63 Å². The van der Waals surface area contributed by atoms with E-state index in [9.17, 15) is 14.4 Å². The lowest BCUT2D eigenvalue weighted by Crippen LogP contribution is -2.39. The van der Waals surface area contributed by atoms with Crippen LogP contribution in [0.15, 0.2) is 51.7 Å². The predicted octanol–water partition coefficient (Wildman–Crippen LogP) is 1.20. The fourth-order valence-corrected chi connectivity index (χ4v) is 2.88. The van der Waals surface area contributed by atoms with Gasteiger partial charge in [0.1, 0.15) is 5.82 Å². The van der Waals surface area contributed by atoms with E-state index in [1.165, 1.54) is 6.07 Å². The van der Waals surface area contributed by atoms with E-state index in [4.69, 9.17) is 10.2 Å². The molecule has 3 rings (SSSR count). The van der Waals surface area contributed by atoms with E-state index in [0.29, 0.717) is 11.2 Å². The molecule has 0 aliphatic heterocycles. The number of aromatic nitrogens is 1. The van der Waals surface area contributed by atoms with Crippen molar-refractivity contribution in [3.05, 3.63) is 58.4 Å². The zero-order valence-electron chi connectivity index (χ0n) is 15.6. The van der Waals surface area contributed by atoms with Gasteiger partial charge in [-0.2, -0.15) is 4.98 Å². The van der Waals surface area contributed by atoms with Crippen molar-refractivity contribution in [2.75, 3.05) is 25.0 Å². The van der Waals surface area contributed by atoms with Crippen LogP contribution in [0.2, 0.25) is 0 Å². The van der Waals surface area contributed by atoms with Gasteiger partial charge in [0.25, 0.3) is 0 Å². The van der Waals surface area contributed by atoms with Crippen molar-refractivity contribution in [1.29, 1.82) is 0 Å². The molecule has 0 saturated carbocycles. The average Bonchev–Trinajstić information content (AvgIpc) is 2.65. The van der Waals surface area contributed by atoms with Gasteiger partial charge in [0.15, 0.2) is 0 Å². The highest BCUT2D eigenvalue weighted by atomic mass is 16.4. The number of fused-ring (bicyclic) bond motifs is 1. The van der Waals surface area contributed by atoms with E-state index in [-0.39, 0.29) is 24.7 Å². The molecule has 2 amide bonds.